The average Bonchev–Trinajstić information content (AvgIpc) is 3.19. The quantitative estimate of drug-likeness (QED) is 0.341. The maximum absolute atomic E-state index is 12.6. The van der Waals surface area contributed by atoms with Crippen molar-refractivity contribution < 1.29 is 24.3 Å². The Morgan fingerprint density at radius 3 is 2.50 bits per heavy atom. The number of nitrogens with zero attached hydrogens (tertiary/aromatic N) is 3. The topological polar surface area (TPSA) is 104 Å². The molecular weight excluding hydrogens is 410 g/mol. The lowest BCUT2D eigenvalue weighted by atomic mass is 9.94. The van der Waals surface area contributed by atoms with Crippen LogP contribution in [0.1, 0.15) is 37.7 Å². The van der Waals surface area contributed by atoms with Crippen LogP contribution >= 0.6 is 0 Å². The SMILES string of the molecule is C=CC(=O)OC1CCCCC1OC(=O)CCc1ccc2nn(O)nc2c1-c1ccccc1. The summed E-state index contributed by atoms with van der Waals surface area (Å²) < 4.78 is 11.1. The zero-order valence-electron chi connectivity index (χ0n) is 17.6. The second-order valence-electron chi connectivity index (χ2n) is 7.79. The van der Waals surface area contributed by atoms with Crippen molar-refractivity contribution in [1.29, 1.82) is 0 Å². The Bertz CT molecular complexity index is 1130. The molecule has 0 saturated heterocycles. The smallest absolute Gasteiger partial charge is 0.330 e. The van der Waals surface area contributed by atoms with E-state index < -0.39 is 18.2 Å². The Labute approximate surface area is 185 Å². The second kappa shape index (κ2) is 9.64. The van der Waals surface area contributed by atoms with Crippen molar-refractivity contribution in [3.05, 3.63) is 60.7 Å². The molecule has 1 aliphatic carbocycles. The lowest BCUT2D eigenvalue weighted by molar-refractivity contribution is -0.168. The van der Waals surface area contributed by atoms with Gasteiger partial charge in [0.1, 0.15) is 23.2 Å². The summed E-state index contributed by atoms with van der Waals surface area (Å²) >= 11 is 0. The van der Waals surface area contributed by atoms with Gasteiger partial charge in [0.25, 0.3) is 0 Å². The monoisotopic (exact) mass is 435 g/mol. The Balaban J connectivity index is 1.50. The third-order valence-electron chi connectivity index (χ3n) is 5.65. The minimum absolute atomic E-state index is 0.164. The van der Waals surface area contributed by atoms with Crippen LogP contribution in [0.3, 0.4) is 0 Å². The number of carbonyl (C=O) groups is 2. The van der Waals surface area contributed by atoms with E-state index in [9.17, 15) is 14.8 Å². The summed E-state index contributed by atoms with van der Waals surface area (Å²) in [5.74, 6) is -0.850. The van der Waals surface area contributed by atoms with Gasteiger partial charge in [0.05, 0.1) is 0 Å². The van der Waals surface area contributed by atoms with Gasteiger partial charge in [0.2, 0.25) is 0 Å². The van der Waals surface area contributed by atoms with E-state index >= 15 is 0 Å². The molecule has 0 spiro atoms. The first kappa shape index (κ1) is 21.5. The number of esters is 2. The van der Waals surface area contributed by atoms with Crippen LogP contribution in [0.5, 0.6) is 0 Å². The third kappa shape index (κ3) is 4.80. The molecule has 8 heteroatoms. The van der Waals surface area contributed by atoms with Crippen molar-refractivity contribution in [3.63, 3.8) is 0 Å². The number of aryl methyl sites for hydroxylation is 1. The highest BCUT2D eigenvalue weighted by molar-refractivity contribution is 5.93. The number of benzene rings is 2. The summed E-state index contributed by atoms with van der Waals surface area (Å²) in [6, 6.07) is 13.3. The minimum Gasteiger partial charge on any atom is -0.458 e. The van der Waals surface area contributed by atoms with Crippen LogP contribution in [0, 0.1) is 0 Å². The molecule has 0 aliphatic heterocycles. The van der Waals surface area contributed by atoms with Crippen molar-refractivity contribution >= 4 is 23.0 Å². The van der Waals surface area contributed by atoms with Gasteiger partial charge in [-0.25, -0.2) is 4.79 Å². The highest BCUT2D eigenvalue weighted by Crippen LogP contribution is 2.31. The van der Waals surface area contributed by atoms with Gasteiger partial charge in [0, 0.05) is 18.1 Å². The first-order valence-electron chi connectivity index (χ1n) is 10.7. The predicted molar refractivity (Wildman–Crippen MR) is 117 cm³/mol. The first-order valence-corrected chi connectivity index (χ1v) is 10.7. The van der Waals surface area contributed by atoms with Crippen molar-refractivity contribution in [2.24, 2.45) is 0 Å². The summed E-state index contributed by atoms with van der Waals surface area (Å²) in [4.78, 5) is 24.8. The molecule has 1 heterocycles. The zero-order chi connectivity index (χ0) is 22.5. The molecule has 4 rings (SSSR count). The molecule has 2 aromatic carbocycles. The minimum atomic E-state index is -0.504. The Morgan fingerprint density at radius 1 is 1.06 bits per heavy atom. The number of aromatic nitrogens is 3. The number of rotatable bonds is 7. The molecule has 0 amide bonds. The third-order valence-corrected chi connectivity index (χ3v) is 5.65. The van der Waals surface area contributed by atoms with Crippen molar-refractivity contribution in [3.8, 4) is 11.1 Å². The molecule has 2 unspecified atom stereocenters. The zero-order valence-corrected chi connectivity index (χ0v) is 17.6. The first-order chi connectivity index (χ1) is 15.5. The van der Waals surface area contributed by atoms with E-state index in [1.807, 2.05) is 36.4 Å². The number of hydrogen-bond donors (Lipinski definition) is 1. The van der Waals surface area contributed by atoms with E-state index in [2.05, 4.69) is 16.8 Å². The van der Waals surface area contributed by atoms with Gasteiger partial charge in [-0.05, 0) is 54.3 Å². The fourth-order valence-corrected chi connectivity index (χ4v) is 4.14. The number of ether oxygens (including phenoxy) is 2. The maximum Gasteiger partial charge on any atom is 0.330 e. The van der Waals surface area contributed by atoms with Crippen LogP contribution < -0.4 is 0 Å². The highest BCUT2D eigenvalue weighted by atomic mass is 16.6. The molecule has 3 aromatic rings. The summed E-state index contributed by atoms with van der Waals surface area (Å²) in [6.07, 6.45) is 4.03. The van der Waals surface area contributed by atoms with Gasteiger partial charge in [-0.2, -0.15) is 0 Å². The Hall–Kier alpha value is -3.68. The molecule has 2 atom stereocenters. The van der Waals surface area contributed by atoms with E-state index in [0.717, 1.165) is 35.6 Å². The molecule has 0 radical (unpaired) electrons. The van der Waals surface area contributed by atoms with Gasteiger partial charge in [0.15, 0.2) is 0 Å². The number of fused-ring (bicyclic) bond motifs is 1. The molecular formula is C24H25N3O5. The molecule has 8 nitrogen and oxygen atoms in total. The summed E-state index contributed by atoms with van der Waals surface area (Å²) in [7, 11) is 0. The van der Waals surface area contributed by atoms with E-state index in [-0.39, 0.29) is 12.4 Å². The van der Waals surface area contributed by atoms with Crippen LogP contribution in [0.2, 0.25) is 0 Å². The van der Waals surface area contributed by atoms with Crippen LogP contribution in [0.25, 0.3) is 22.2 Å². The van der Waals surface area contributed by atoms with Crippen molar-refractivity contribution in [2.75, 3.05) is 0 Å². The van der Waals surface area contributed by atoms with Gasteiger partial charge >= 0.3 is 11.9 Å². The van der Waals surface area contributed by atoms with E-state index in [1.165, 1.54) is 0 Å². The molecule has 1 aliphatic rings. The second-order valence-corrected chi connectivity index (χ2v) is 7.79. The Kier molecular flexibility index (Phi) is 6.49. The standard InChI is InChI=1S/C24H25N3O5/c1-2-21(28)31-19-10-6-7-11-20(19)32-22(29)15-13-17-12-14-18-24(26-27(30)25-18)23(17)16-8-4-3-5-9-16/h2-5,8-9,12,14,19-20,30H,1,6-7,10-11,13,15H2. The van der Waals surface area contributed by atoms with Crippen LogP contribution in [-0.2, 0) is 25.5 Å². The lowest BCUT2D eigenvalue weighted by Crippen LogP contribution is -2.37. The van der Waals surface area contributed by atoms with Gasteiger partial charge in [-0.15, -0.1) is 10.2 Å². The molecule has 1 saturated carbocycles. The van der Waals surface area contributed by atoms with Gasteiger partial charge < -0.3 is 14.7 Å². The van der Waals surface area contributed by atoms with Crippen LogP contribution in [0.15, 0.2) is 55.1 Å². The molecule has 1 fully saturated rings. The predicted octanol–water partition coefficient (Wildman–Crippen LogP) is 3.85. The van der Waals surface area contributed by atoms with Gasteiger partial charge in [-0.3, -0.25) is 4.79 Å². The van der Waals surface area contributed by atoms with E-state index in [1.54, 1.807) is 6.07 Å². The van der Waals surface area contributed by atoms with Gasteiger partial charge in [-0.1, -0.05) is 43.0 Å². The molecule has 32 heavy (non-hydrogen) atoms. The summed E-state index contributed by atoms with van der Waals surface area (Å²) in [5.41, 5.74) is 3.77. The van der Waals surface area contributed by atoms with Crippen molar-refractivity contribution in [1.82, 2.24) is 15.2 Å². The van der Waals surface area contributed by atoms with E-state index in [4.69, 9.17) is 9.47 Å². The molecule has 1 aromatic heterocycles. The lowest BCUT2D eigenvalue weighted by Gasteiger charge is -2.30. The number of hydrogen-bond acceptors (Lipinski definition) is 7. The Morgan fingerprint density at radius 2 is 1.78 bits per heavy atom. The van der Waals surface area contributed by atoms with Crippen LogP contribution in [-0.4, -0.2) is 44.5 Å². The fraction of sp³-hybridized carbons (Fsp3) is 0.333. The summed E-state index contributed by atoms with van der Waals surface area (Å²) in [5, 5.41) is 17.8. The fourth-order valence-electron chi connectivity index (χ4n) is 4.14. The molecule has 0 bridgehead atoms. The van der Waals surface area contributed by atoms with E-state index in [0.29, 0.717) is 35.3 Å². The molecule has 166 valence electrons. The average molecular weight is 435 g/mol. The van der Waals surface area contributed by atoms with Crippen molar-refractivity contribution in [2.45, 2.75) is 50.7 Å². The highest BCUT2D eigenvalue weighted by Gasteiger charge is 2.31. The molecule has 1 N–H and O–H groups in total. The van der Waals surface area contributed by atoms with Crippen LogP contribution in [0.4, 0.5) is 0 Å². The maximum atomic E-state index is 12.6. The largest absolute Gasteiger partial charge is 0.458 e. The summed E-state index contributed by atoms with van der Waals surface area (Å²) in [6.45, 7) is 3.42. The normalized spacial score (nSPS) is 18.2. The number of carbonyl (C=O) groups excluding carboxylic acids is 2.